The van der Waals surface area contributed by atoms with Gasteiger partial charge in [0.05, 0.1) is 17.7 Å². The summed E-state index contributed by atoms with van der Waals surface area (Å²) in [7, 11) is 1.70. The number of carbonyl (C=O) groups is 1. The average molecular weight is 278 g/mol. The number of aliphatic hydroxyl groups is 1. The molecular formula is C14H18N2O4. The number of hydrogen-bond acceptors (Lipinski definition) is 5. The Bertz CT molecular complexity index is 520. The molecule has 2 heterocycles. The molecule has 108 valence electrons. The third kappa shape index (κ3) is 2.21. The zero-order valence-electron chi connectivity index (χ0n) is 11.3. The SMILES string of the molecule is CN(C(=O)c1cccc2c1OCCO2)[C@H]1CNC[C@@H]1O. The van der Waals surface area contributed by atoms with Gasteiger partial charge >= 0.3 is 0 Å². The Kier molecular flexibility index (Phi) is 3.50. The smallest absolute Gasteiger partial charge is 0.257 e. The van der Waals surface area contributed by atoms with E-state index in [2.05, 4.69) is 5.32 Å². The van der Waals surface area contributed by atoms with Gasteiger partial charge in [-0.1, -0.05) is 6.07 Å². The zero-order chi connectivity index (χ0) is 14.1. The molecule has 3 rings (SSSR count). The number of nitrogens with zero attached hydrogens (tertiary/aromatic N) is 1. The first-order chi connectivity index (χ1) is 9.68. The second-order valence-corrected chi connectivity index (χ2v) is 5.04. The van der Waals surface area contributed by atoms with Crippen LogP contribution >= 0.6 is 0 Å². The van der Waals surface area contributed by atoms with Crippen LogP contribution in [0.4, 0.5) is 0 Å². The van der Waals surface area contributed by atoms with Crippen molar-refractivity contribution in [3.8, 4) is 11.5 Å². The van der Waals surface area contributed by atoms with E-state index in [4.69, 9.17) is 9.47 Å². The number of β-amino-alcohol motifs (C(OH)–C–C–N with tert-alkyl or cyclic N) is 1. The quantitative estimate of drug-likeness (QED) is 0.788. The molecule has 6 nitrogen and oxygen atoms in total. The average Bonchev–Trinajstić information content (AvgIpc) is 2.91. The van der Waals surface area contributed by atoms with Crippen LogP contribution in [0.2, 0.25) is 0 Å². The molecule has 2 aliphatic heterocycles. The predicted octanol–water partition coefficient (Wildman–Crippen LogP) is -0.138. The summed E-state index contributed by atoms with van der Waals surface area (Å²) in [5.41, 5.74) is 0.476. The summed E-state index contributed by atoms with van der Waals surface area (Å²) >= 11 is 0. The molecule has 1 saturated heterocycles. The highest BCUT2D eigenvalue weighted by molar-refractivity contribution is 5.98. The van der Waals surface area contributed by atoms with Gasteiger partial charge in [-0.2, -0.15) is 0 Å². The summed E-state index contributed by atoms with van der Waals surface area (Å²) < 4.78 is 11.0. The summed E-state index contributed by atoms with van der Waals surface area (Å²) in [6.07, 6.45) is -0.541. The number of aliphatic hydroxyl groups excluding tert-OH is 1. The van der Waals surface area contributed by atoms with E-state index < -0.39 is 6.10 Å². The van der Waals surface area contributed by atoms with Crippen LogP contribution in [0.5, 0.6) is 11.5 Å². The van der Waals surface area contributed by atoms with Crippen LogP contribution in [0.3, 0.4) is 0 Å². The fraction of sp³-hybridized carbons (Fsp3) is 0.500. The van der Waals surface area contributed by atoms with Crippen molar-refractivity contribution >= 4 is 5.91 Å². The van der Waals surface area contributed by atoms with Crippen molar-refractivity contribution in [3.05, 3.63) is 23.8 Å². The number of carbonyl (C=O) groups excluding carboxylic acids is 1. The van der Waals surface area contributed by atoms with Crippen molar-refractivity contribution in [2.45, 2.75) is 12.1 Å². The number of benzene rings is 1. The molecular weight excluding hydrogens is 260 g/mol. The largest absolute Gasteiger partial charge is 0.486 e. The molecule has 1 aromatic carbocycles. The first-order valence-electron chi connectivity index (χ1n) is 6.73. The van der Waals surface area contributed by atoms with Crippen molar-refractivity contribution in [3.63, 3.8) is 0 Å². The molecule has 0 aromatic heterocycles. The Morgan fingerprint density at radius 2 is 2.15 bits per heavy atom. The van der Waals surface area contributed by atoms with Crippen LogP contribution in [-0.4, -0.2) is 61.4 Å². The molecule has 2 aliphatic rings. The van der Waals surface area contributed by atoms with E-state index in [1.165, 1.54) is 0 Å². The van der Waals surface area contributed by atoms with Gasteiger partial charge in [0.15, 0.2) is 11.5 Å². The van der Waals surface area contributed by atoms with Gasteiger partial charge in [0, 0.05) is 20.1 Å². The number of para-hydroxylation sites is 1. The van der Waals surface area contributed by atoms with E-state index in [1.54, 1.807) is 30.1 Å². The van der Waals surface area contributed by atoms with Crippen LogP contribution in [0.25, 0.3) is 0 Å². The first kappa shape index (κ1) is 13.2. The van der Waals surface area contributed by atoms with E-state index in [1.807, 2.05) is 0 Å². The van der Waals surface area contributed by atoms with E-state index in [-0.39, 0.29) is 11.9 Å². The lowest BCUT2D eigenvalue weighted by atomic mass is 10.1. The minimum absolute atomic E-state index is 0.167. The number of ether oxygens (including phenoxy) is 2. The molecule has 0 saturated carbocycles. The zero-order valence-corrected chi connectivity index (χ0v) is 11.3. The highest BCUT2D eigenvalue weighted by Crippen LogP contribution is 2.34. The lowest BCUT2D eigenvalue weighted by molar-refractivity contribution is 0.0573. The topological polar surface area (TPSA) is 71.0 Å². The van der Waals surface area contributed by atoms with Crippen LogP contribution in [0.15, 0.2) is 18.2 Å². The highest BCUT2D eigenvalue weighted by atomic mass is 16.6. The highest BCUT2D eigenvalue weighted by Gasteiger charge is 2.33. The summed E-state index contributed by atoms with van der Waals surface area (Å²) in [6.45, 7) is 2.03. The molecule has 0 radical (unpaired) electrons. The third-order valence-electron chi connectivity index (χ3n) is 3.77. The lowest BCUT2D eigenvalue weighted by Gasteiger charge is -2.28. The lowest BCUT2D eigenvalue weighted by Crippen LogP contribution is -2.44. The number of fused-ring (bicyclic) bond motifs is 1. The fourth-order valence-corrected chi connectivity index (χ4v) is 2.63. The minimum atomic E-state index is -0.541. The maximum atomic E-state index is 12.6. The Balaban J connectivity index is 1.87. The molecule has 0 aliphatic carbocycles. The molecule has 2 atom stereocenters. The van der Waals surface area contributed by atoms with Gasteiger partial charge in [-0.15, -0.1) is 0 Å². The maximum absolute atomic E-state index is 12.6. The number of rotatable bonds is 2. The Labute approximate surface area is 117 Å². The maximum Gasteiger partial charge on any atom is 0.257 e. The normalized spacial score (nSPS) is 24.5. The van der Waals surface area contributed by atoms with Gasteiger partial charge in [-0.05, 0) is 12.1 Å². The monoisotopic (exact) mass is 278 g/mol. The second-order valence-electron chi connectivity index (χ2n) is 5.04. The summed E-state index contributed by atoms with van der Waals surface area (Å²) in [4.78, 5) is 14.2. The van der Waals surface area contributed by atoms with Crippen molar-refractivity contribution in [2.75, 3.05) is 33.4 Å². The molecule has 1 aromatic rings. The van der Waals surface area contributed by atoms with Gasteiger partial charge in [0.25, 0.3) is 5.91 Å². The van der Waals surface area contributed by atoms with Crippen LogP contribution in [0, 0.1) is 0 Å². The van der Waals surface area contributed by atoms with Gasteiger partial charge < -0.3 is 24.8 Å². The molecule has 2 N–H and O–H groups in total. The van der Waals surface area contributed by atoms with Crippen LogP contribution < -0.4 is 14.8 Å². The predicted molar refractivity (Wildman–Crippen MR) is 72.2 cm³/mol. The molecule has 1 fully saturated rings. The van der Waals surface area contributed by atoms with Gasteiger partial charge in [0.2, 0.25) is 0 Å². The number of hydrogen-bond donors (Lipinski definition) is 2. The van der Waals surface area contributed by atoms with Crippen molar-refractivity contribution in [2.24, 2.45) is 0 Å². The van der Waals surface area contributed by atoms with Crippen molar-refractivity contribution in [1.82, 2.24) is 10.2 Å². The third-order valence-corrected chi connectivity index (χ3v) is 3.77. The van der Waals surface area contributed by atoms with E-state index in [0.29, 0.717) is 43.4 Å². The minimum Gasteiger partial charge on any atom is -0.486 e. The first-order valence-corrected chi connectivity index (χ1v) is 6.73. The fourth-order valence-electron chi connectivity index (χ4n) is 2.63. The Morgan fingerprint density at radius 1 is 1.35 bits per heavy atom. The van der Waals surface area contributed by atoms with Crippen molar-refractivity contribution in [1.29, 1.82) is 0 Å². The molecule has 0 unspecified atom stereocenters. The number of likely N-dealkylation sites (N-methyl/N-ethyl adjacent to an activating group) is 1. The molecule has 20 heavy (non-hydrogen) atoms. The summed E-state index contributed by atoms with van der Waals surface area (Å²) in [5.74, 6) is 0.928. The van der Waals surface area contributed by atoms with Crippen LogP contribution in [0.1, 0.15) is 10.4 Å². The van der Waals surface area contributed by atoms with Crippen molar-refractivity contribution < 1.29 is 19.4 Å². The number of nitrogens with one attached hydrogen (secondary N) is 1. The van der Waals surface area contributed by atoms with E-state index in [0.717, 1.165) is 0 Å². The van der Waals surface area contributed by atoms with Gasteiger partial charge in [-0.25, -0.2) is 0 Å². The number of amides is 1. The standard InChI is InChI=1S/C14H18N2O4/c1-16(10-7-15-8-11(10)17)14(18)9-3-2-4-12-13(9)20-6-5-19-12/h2-4,10-11,15,17H,5-8H2,1H3/t10-,11-/m0/s1. The molecule has 6 heteroatoms. The molecule has 0 bridgehead atoms. The summed E-state index contributed by atoms with van der Waals surface area (Å²) in [5, 5.41) is 13.0. The van der Waals surface area contributed by atoms with E-state index >= 15 is 0 Å². The second kappa shape index (κ2) is 5.30. The molecule has 0 spiro atoms. The Hall–Kier alpha value is -1.79. The van der Waals surface area contributed by atoms with E-state index in [9.17, 15) is 9.90 Å². The molecule has 1 amide bonds. The van der Waals surface area contributed by atoms with Gasteiger partial charge in [-0.3, -0.25) is 4.79 Å². The Morgan fingerprint density at radius 3 is 2.90 bits per heavy atom. The summed E-state index contributed by atoms with van der Waals surface area (Å²) in [6, 6.07) is 5.07. The van der Waals surface area contributed by atoms with Crippen LogP contribution in [-0.2, 0) is 0 Å². The van der Waals surface area contributed by atoms with Gasteiger partial charge in [0.1, 0.15) is 13.2 Å².